The topological polar surface area (TPSA) is 113 Å². The predicted molar refractivity (Wildman–Crippen MR) is 90.2 cm³/mol. The second-order valence-corrected chi connectivity index (χ2v) is 7.56. The monoisotopic (exact) mass is 356 g/mol. The summed E-state index contributed by atoms with van der Waals surface area (Å²) in [6.45, 7) is 6.75. The lowest BCUT2D eigenvalue weighted by Crippen LogP contribution is -2.40. The van der Waals surface area contributed by atoms with Gasteiger partial charge in [-0.05, 0) is 51.5 Å². The lowest BCUT2D eigenvalue weighted by Gasteiger charge is -2.18. The zero-order chi connectivity index (χ0) is 18.5. The normalized spacial score (nSPS) is 15.3. The van der Waals surface area contributed by atoms with E-state index in [0.717, 1.165) is 0 Å². The molecular weight excluding hydrogens is 332 g/mol. The SMILES string of the molecule is CCC(C)NS(=O)(=O)c1ccc(C(=O)NC(C)C(C)C(=O)O)cc1. The number of carbonyl (C=O) groups excluding carboxylic acids is 1. The molecule has 0 aliphatic carbocycles. The largest absolute Gasteiger partial charge is 0.481 e. The van der Waals surface area contributed by atoms with E-state index in [1.165, 1.54) is 31.2 Å². The molecule has 8 heteroatoms. The highest BCUT2D eigenvalue weighted by atomic mass is 32.2. The summed E-state index contributed by atoms with van der Waals surface area (Å²) < 4.78 is 26.8. The maximum absolute atomic E-state index is 12.1. The highest BCUT2D eigenvalue weighted by molar-refractivity contribution is 7.89. The molecule has 1 amide bonds. The number of carboxylic acid groups (broad SMARTS) is 1. The third-order valence-electron chi connectivity index (χ3n) is 3.89. The summed E-state index contributed by atoms with van der Waals surface area (Å²) in [6, 6.07) is 4.77. The second-order valence-electron chi connectivity index (χ2n) is 5.84. The predicted octanol–water partition coefficient (Wildman–Crippen LogP) is 1.60. The number of rotatable bonds is 8. The molecule has 0 aliphatic heterocycles. The summed E-state index contributed by atoms with van der Waals surface area (Å²) in [5, 5.41) is 11.5. The average molecular weight is 356 g/mol. The van der Waals surface area contributed by atoms with Crippen molar-refractivity contribution in [2.75, 3.05) is 0 Å². The molecule has 3 N–H and O–H groups in total. The average Bonchev–Trinajstić information content (AvgIpc) is 2.53. The molecule has 1 aromatic carbocycles. The van der Waals surface area contributed by atoms with E-state index in [0.29, 0.717) is 6.42 Å². The number of benzene rings is 1. The van der Waals surface area contributed by atoms with Crippen LogP contribution in [-0.2, 0) is 14.8 Å². The Morgan fingerprint density at radius 3 is 2.12 bits per heavy atom. The van der Waals surface area contributed by atoms with Gasteiger partial charge in [0.05, 0.1) is 10.8 Å². The van der Waals surface area contributed by atoms with E-state index in [-0.39, 0.29) is 16.5 Å². The highest BCUT2D eigenvalue weighted by Gasteiger charge is 2.22. The van der Waals surface area contributed by atoms with Gasteiger partial charge in [0.25, 0.3) is 5.91 Å². The minimum absolute atomic E-state index is 0.0753. The van der Waals surface area contributed by atoms with Crippen LogP contribution in [-0.4, -0.2) is 37.5 Å². The van der Waals surface area contributed by atoms with Gasteiger partial charge in [-0.15, -0.1) is 0 Å². The number of hydrogen-bond acceptors (Lipinski definition) is 4. The van der Waals surface area contributed by atoms with Gasteiger partial charge in [-0.2, -0.15) is 0 Å². The first-order valence-electron chi connectivity index (χ1n) is 7.74. The fourth-order valence-electron chi connectivity index (χ4n) is 1.83. The number of aliphatic carboxylic acids is 1. The van der Waals surface area contributed by atoms with Crippen molar-refractivity contribution in [3.8, 4) is 0 Å². The molecule has 1 aromatic rings. The van der Waals surface area contributed by atoms with Gasteiger partial charge in [-0.3, -0.25) is 9.59 Å². The fraction of sp³-hybridized carbons (Fsp3) is 0.500. The minimum atomic E-state index is -3.62. The lowest BCUT2D eigenvalue weighted by atomic mass is 10.0. The van der Waals surface area contributed by atoms with Crippen LogP contribution in [0.1, 0.15) is 44.5 Å². The van der Waals surface area contributed by atoms with Crippen LogP contribution < -0.4 is 10.0 Å². The van der Waals surface area contributed by atoms with E-state index in [4.69, 9.17) is 5.11 Å². The molecule has 0 radical (unpaired) electrons. The van der Waals surface area contributed by atoms with Gasteiger partial charge in [0.2, 0.25) is 10.0 Å². The van der Waals surface area contributed by atoms with Crippen molar-refractivity contribution < 1.29 is 23.1 Å². The van der Waals surface area contributed by atoms with Gasteiger partial charge in [0, 0.05) is 17.6 Å². The van der Waals surface area contributed by atoms with Crippen molar-refractivity contribution >= 4 is 21.9 Å². The number of carboxylic acids is 1. The van der Waals surface area contributed by atoms with Crippen molar-refractivity contribution in [2.45, 2.75) is 51.1 Å². The molecule has 0 heterocycles. The number of hydrogen-bond donors (Lipinski definition) is 3. The van der Waals surface area contributed by atoms with Crippen molar-refractivity contribution in [3.63, 3.8) is 0 Å². The van der Waals surface area contributed by atoms with Crippen LogP contribution in [0.4, 0.5) is 0 Å². The summed E-state index contributed by atoms with van der Waals surface area (Å²) in [5.74, 6) is -2.18. The zero-order valence-electron chi connectivity index (χ0n) is 14.2. The second kappa shape index (κ2) is 8.25. The molecule has 3 unspecified atom stereocenters. The molecule has 1 rings (SSSR count). The molecule has 134 valence electrons. The molecule has 0 spiro atoms. The number of carbonyl (C=O) groups is 2. The minimum Gasteiger partial charge on any atom is -0.481 e. The van der Waals surface area contributed by atoms with Gasteiger partial charge >= 0.3 is 5.97 Å². The third-order valence-corrected chi connectivity index (χ3v) is 5.50. The molecule has 0 fully saturated rings. The van der Waals surface area contributed by atoms with Gasteiger partial charge in [0.15, 0.2) is 0 Å². The molecule has 0 aliphatic rings. The van der Waals surface area contributed by atoms with Crippen LogP contribution in [0.5, 0.6) is 0 Å². The van der Waals surface area contributed by atoms with Gasteiger partial charge < -0.3 is 10.4 Å². The standard InChI is InChI=1S/C16H24N2O5S/c1-5-10(2)18-24(22,23)14-8-6-13(7-9-14)15(19)17-12(4)11(3)16(20)21/h6-12,18H,5H2,1-4H3,(H,17,19)(H,20,21). The van der Waals surface area contributed by atoms with E-state index >= 15 is 0 Å². The Bertz CT molecular complexity index is 685. The third kappa shape index (κ3) is 5.31. The lowest BCUT2D eigenvalue weighted by molar-refractivity contribution is -0.141. The maximum atomic E-state index is 12.1. The highest BCUT2D eigenvalue weighted by Crippen LogP contribution is 2.12. The first kappa shape index (κ1) is 20.1. The molecule has 24 heavy (non-hydrogen) atoms. The molecular formula is C16H24N2O5S. The Kier molecular flexibility index (Phi) is 6.92. The maximum Gasteiger partial charge on any atom is 0.308 e. The molecule has 0 saturated heterocycles. The Morgan fingerprint density at radius 2 is 1.67 bits per heavy atom. The van der Waals surface area contributed by atoms with Crippen LogP contribution in [0.25, 0.3) is 0 Å². The number of amides is 1. The fourth-order valence-corrected chi connectivity index (χ4v) is 3.16. The number of nitrogens with one attached hydrogen (secondary N) is 2. The van der Waals surface area contributed by atoms with Crippen molar-refractivity contribution in [2.24, 2.45) is 5.92 Å². The van der Waals surface area contributed by atoms with Gasteiger partial charge in [-0.25, -0.2) is 13.1 Å². The van der Waals surface area contributed by atoms with Crippen LogP contribution >= 0.6 is 0 Å². The molecule has 0 aromatic heterocycles. The summed E-state index contributed by atoms with van der Waals surface area (Å²) in [7, 11) is -3.62. The van der Waals surface area contributed by atoms with E-state index in [9.17, 15) is 18.0 Å². The Hall–Kier alpha value is -1.93. The Labute approximate surface area is 142 Å². The Balaban J connectivity index is 2.84. The molecule has 0 bridgehead atoms. The van der Waals surface area contributed by atoms with Crippen molar-refractivity contribution in [3.05, 3.63) is 29.8 Å². The van der Waals surface area contributed by atoms with Crippen LogP contribution in [0, 0.1) is 5.92 Å². The van der Waals surface area contributed by atoms with E-state index in [2.05, 4.69) is 10.0 Å². The first-order chi connectivity index (χ1) is 11.1. The van der Waals surface area contributed by atoms with E-state index < -0.39 is 33.9 Å². The smallest absolute Gasteiger partial charge is 0.308 e. The number of sulfonamides is 1. The van der Waals surface area contributed by atoms with Gasteiger partial charge in [-0.1, -0.05) is 6.92 Å². The van der Waals surface area contributed by atoms with E-state index in [1.807, 2.05) is 6.92 Å². The van der Waals surface area contributed by atoms with Crippen LogP contribution in [0.3, 0.4) is 0 Å². The summed E-state index contributed by atoms with van der Waals surface area (Å²) >= 11 is 0. The quantitative estimate of drug-likeness (QED) is 0.655. The first-order valence-corrected chi connectivity index (χ1v) is 9.22. The van der Waals surface area contributed by atoms with Crippen LogP contribution in [0.2, 0.25) is 0 Å². The summed E-state index contributed by atoms with van der Waals surface area (Å²) in [4.78, 5) is 23.1. The summed E-state index contributed by atoms with van der Waals surface area (Å²) in [6.07, 6.45) is 0.666. The van der Waals surface area contributed by atoms with Crippen molar-refractivity contribution in [1.29, 1.82) is 0 Å². The summed E-state index contributed by atoms with van der Waals surface area (Å²) in [5.41, 5.74) is 0.266. The zero-order valence-corrected chi connectivity index (χ0v) is 15.1. The molecule has 7 nitrogen and oxygen atoms in total. The van der Waals surface area contributed by atoms with E-state index in [1.54, 1.807) is 13.8 Å². The molecule has 0 saturated carbocycles. The molecule has 3 atom stereocenters. The van der Waals surface area contributed by atoms with Crippen molar-refractivity contribution in [1.82, 2.24) is 10.0 Å². The van der Waals surface area contributed by atoms with Gasteiger partial charge in [0.1, 0.15) is 0 Å². The van der Waals surface area contributed by atoms with Crippen LogP contribution in [0.15, 0.2) is 29.2 Å². The Morgan fingerprint density at radius 1 is 1.12 bits per heavy atom.